The van der Waals surface area contributed by atoms with Gasteiger partial charge in [-0.1, -0.05) is 12.1 Å². The Labute approximate surface area is 96.3 Å². The van der Waals surface area contributed by atoms with E-state index in [9.17, 15) is 9.00 Å². The zero-order valence-corrected chi connectivity index (χ0v) is 9.57. The molecule has 0 spiro atoms. The monoisotopic (exact) mass is 239 g/mol. The van der Waals surface area contributed by atoms with Gasteiger partial charge in [0.25, 0.3) is 0 Å². The van der Waals surface area contributed by atoms with Crippen LogP contribution < -0.4 is 4.90 Å². The van der Waals surface area contributed by atoms with Crippen molar-refractivity contribution in [1.82, 2.24) is 0 Å². The van der Waals surface area contributed by atoms with Crippen LogP contribution in [-0.2, 0) is 10.8 Å². The summed E-state index contributed by atoms with van der Waals surface area (Å²) in [5, 5.41) is 9.06. The Kier molecular flexibility index (Phi) is 3.24. The van der Waals surface area contributed by atoms with Gasteiger partial charge in [0.15, 0.2) is 0 Å². The van der Waals surface area contributed by atoms with E-state index in [2.05, 4.69) is 0 Å². The van der Waals surface area contributed by atoms with Gasteiger partial charge in [0, 0.05) is 35.4 Å². The highest BCUT2D eigenvalue weighted by atomic mass is 32.2. The van der Waals surface area contributed by atoms with Crippen molar-refractivity contribution in [3.05, 3.63) is 29.8 Å². The summed E-state index contributed by atoms with van der Waals surface area (Å²) in [6.07, 6.45) is 0. The molecule has 0 radical (unpaired) electrons. The fourth-order valence-corrected chi connectivity index (χ4v) is 2.86. The lowest BCUT2D eigenvalue weighted by Crippen LogP contribution is -2.38. The topological polar surface area (TPSA) is 57.6 Å². The molecule has 0 saturated carbocycles. The third-order valence-electron chi connectivity index (χ3n) is 2.65. The van der Waals surface area contributed by atoms with Crippen LogP contribution in [0, 0.1) is 0 Å². The lowest BCUT2D eigenvalue weighted by Gasteiger charge is -2.29. The molecule has 1 aliphatic rings. The molecule has 1 heterocycles. The van der Waals surface area contributed by atoms with E-state index in [0.717, 1.165) is 5.69 Å². The van der Waals surface area contributed by atoms with Crippen molar-refractivity contribution in [1.29, 1.82) is 0 Å². The van der Waals surface area contributed by atoms with Crippen molar-refractivity contribution < 1.29 is 14.1 Å². The van der Waals surface area contributed by atoms with Crippen molar-refractivity contribution in [2.45, 2.75) is 0 Å². The summed E-state index contributed by atoms with van der Waals surface area (Å²) in [7, 11) is -0.741. The molecule has 1 aromatic rings. The van der Waals surface area contributed by atoms with Gasteiger partial charge in [-0.25, -0.2) is 4.79 Å². The van der Waals surface area contributed by atoms with Gasteiger partial charge in [-0.3, -0.25) is 4.21 Å². The maximum absolute atomic E-state index is 11.2. The van der Waals surface area contributed by atoms with Crippen molar-refractivity contribution in [3.63, 3.8) is 0 Å². The van der Waals surface area contributed by atoms with E-state index in [1.54, 1.807) is 18.2 Å². The molecule has 86 valence electrons. The van der Waals surface area contributed by atoms with Crippen LogP contribution >= 0.6 is 0 Å². The maximum Gasteiger partial charge on any atom is 0.337 e. The molecule has 0 aromatic heterocycles. The highest BCUT2D eigenvalue weighted by Gasteiger charge is 2.19. The van der Waals surface area contributed by atoms with Crippen molar-refractivity contribution in [2.24, 2.45) is 0 Å². The lowest BCUT2D eigenvalue weighted by atomic mass is 10.1. The Morgan fingerprint density at radius 3 is 2.50 bits per heavy atom. The molecule has 1 aliphatic heterocycles. The van der Waals surface area contributed by atoms with E-state index < -0.39 is 16.8 Å². The molecule has 0 aliphatic carbocycles. The fourth-order valence-electron chi connectivity index (χ4n) is 1.81. The van der Waals surface area contributed by atoms with Crippen LogP contribution in [0.15, 0.2) is 24.3 Å². The largest absolute Gasteiger partial charge is 0.478 e. The number of hydrogen-bond donors (Lipinski definition) is 1. The van der Waals surface area contributed by atoms with E-state index in [1.807, 2.05) is 11.0 Å². The Morgan fingerprint density at radius 1 is 1.25 bits per heavy atom. The van der Waals surface area contributed by atoms with Crippen LogP contribution in [0.5, 0.6) is 0 Å². The maximum atomic E-state index is 11.2. The molecule has 1 N–H and O–H groups in total. The molecule has 1 aromatic carbocycles. The molecule has 0 amide bonds. The Morgan fingerprint density at radius 2 is 1.88 bits per heavy atom. The van der Waals surface area contributed by atoms with Crippen LogP contribution in [0.4, 0.5) is 5.69 Å². The average molecular weight is 239 g/mol. The quantitative estimate of drug-likeness (QED) is 0.835. The number of hydrogen-bond acceptors (Lipinski definition) is 3. The second-order valence-electron chi connectivity index (χ2n) is 3.66. The van der Waals surface area contributed by atoms with Crippen molar-refractivity contribution in [3.8, 4) is 0 Å². The Bertz CT molecular complexity index is 423. The molecule has 0 bridgehead atoms. The summed E-state index contributed by atoms with van der Waals surface area (Å²) in [4.78, 5) is 13.0. The van der Waals surface area contributed by atoms with Gasteiger partial charge in [-0.2, -0.15) is 0 Å². The molecule has 0 atom stereocenters. The van der Waals surface area contributed by atoms with Crippen LogP contribution in [-0.4, -0.2) is 39.9 Å². The first kappa shape index (κ1) is 11.1. The predicted octanol–water partition coefficient (Wildman–Crippen LogP) is 0.954. The minimum atomic E-state index is -0.915. The molecule has 1 saturated heterocycles. The standard InChI is InChI=1S/C11H13NO3S/c13-11(14)9-3-1-2-4-10(9)12-5-7-16(15)8-6-12/h1-4H,5-8H2,(H,13,14). The number of carboxylic acids is 1. The van der Waals surface area contributed by atoms with E-state index in [1.165, 1.54) is 0 Å². The molecule has 5 heteroatoms. The first-order valence-corrected chi connectivity index (χ1v) is 6.59. The second kappa shape index (κ2) is 4.65. The number of aromatic carboxylic acids is 1. The van der Waals surface area contributed by atoms with Gasteiger partial charge >= 0.3 is 5.97 Å². The van der Waals surface area contributed by atoms with Crippen LogP contribution in [0.1, 0.15) is 10.4 Å². The van der Waals surface area contributed by atoms with Gasteiger partial charge in [-0.15, -0.1) is 0 Å². The average Bonchev–Trinajstić information content (AvgIpc) is 2.30. The number of nitrogens with zero attached hydrogens (tertiary/aromatic N) is 1. The summed E-state index contributed by atoms with van der Waals surface area (Å²) >= 11 is 0. The summed E-state index contributed by atoms with van der Waals surface area (Å²) in [5.41, 5.74) is 1.04. The predicted molar refractivity (Wildman–Crippen MR) is 63.5 cm³/mol. The molecule has 0 unspecified atom stereocenters. The van der Waals surface area contributed by atoms with Gasteiger partial charge in [-0.05, 0) is 12.1 Å². The van der Waals surface area contributed by atoms with Gasteiger partial charge in [0.05, 0.1) is 11.3 Å². The third-order valence-corrected chi connectivity index (χ3v) is 3.93. The number of benzene rings is 1. The molecule has 1 fully saturated rings. The van der Waals surface area contributed by atoms with Gasteiger partial charge in [0.1, 0.15) is 0 Å². The van der Waals surface area contributed by atoms with Crippen molar-refractivity contribution in [2.75, 3.05) is 29.5 Å². The van der Waals surface area contributed by atoms with E-state index in [0.29, 0.717) is 30.2 Å². The van der Waals surface area contributed by atoms with Crippen molar-refractivity contribution >= 4 is 22.5 Å². The van der Waals surface area contributed by atoms with E-state index in [-0.39, 0.29) is 0 Å². The second-order valence-corrected chi connectivity index (χ2v) is 5.35. The van der Waals surface area contributed by atoms with E-state index in [4.69, 9.17) is 5.11 Å². The summed E-state index contributed by atoms with van der Waals surface area (Å²) in [6, 6.07) is 6.95. The first-order valence-electron chi connectivity index (χ1n) is 5.11. The highest BCUT2D eigenvalue weighted by Crippen LogP contribution is 2.21. The molecule has 16 heavy (non-hydrogen) atoms. The number of para-hydroxylation sites is 1. The van der Waals surface area contributed by atoms with Gasteiger partial charge < -0.3 is 10.0 Å². The smallest absolute Gasteiger partial charge is 0.337 e. The Balaban J connectivity index is 2.26. The summed E-state index contributed by atoms with van der Waals surface area (Å²) in [6.45, 7) is 1.33. The number of carbonyl (C=O) groups is 1. The summed E-state index contributed by atoms with van der Waals surface area (Å²) < 4.78 is 11.2. The number of carboxylic acid groups (broad SMARTS) is 1. The summed E-state index contributed by atoms with van der Waals surface area (Å²) in [5.74, 6) is 0.323. The molecular formula is C11H13NO3S. The molecule has 4 nitrogen and oxygen atoms in total. The minimum absolute atomic E-state index is 0.315. The molecular weight excluding hydrogens is 226 g/mol. The number of anilines is 1. The third kappa shape index (κ3) is 2.24. The highest BCUT2D eigenvalue weighted by molar-refractivity contribution is 7.85. The zero-order valence-electron chi connectivity index (χ0n) is 8.76. The lowest BCUT2D eigenvalue weighted by molar-refractivity contribution is 0.0697. The van der Waals surface area contributed by atoms with E-state index >= 15 is 0 Å². The first-order chi connectivity index (χ1) is 7.68. The minimum Gasteiger partial charge on any atom is -0.478 e. The molecule has 2 rings (SSSR count). The van der Waals surface area contributed by atoms with Crippen LogP contribution in [0.3, 0.4) is 0 Å². The van der Waals surface area contributed by atoms with Crippen LogP contribution in [0.25, 0.3) is 0 Å². The SMILES string of the molecule is O=C(O)c1ccccc1N1CCS(=O)CC1. The van der Waals surface area contributed by atoms with Crippen LogP contribution in [0.2, 0.25) is 0 Å². The zero-order chi connectivity index (χ0) is 11.5. The normalized spacial score (nSPS) is 17.4. The Hall–Kier alpha value is -1.36. The van der Waals surface area contributed by atoms with Gasteiger partial charge in [0.2, 0.25) is 0 Å². The number of rotatable bonds is 2. The fraction of sp³-hybridized carbons (Fsp3) is 0.364.